The van der Waals surface area contributed by atoms with Crippen LogP contribution in [0.5, 0.6) is 0 Å². The summed E-state index contributed by atoms with van der Waals surface area (Å²) in [4.78, 5) is 2.59. The van der Waals surface area contributed by atoms with Crippen LogP contribution < -0.4 is 10.6 Å². The third kappa shape index (κ3) is 4.22. The molecule has 1 aromatic heterocycles. The highest BCUT2D eigenvalue weighted by Gasteiger charge is 2.22. The molecule has 3 heterocycles. The number of hydrogen-bond donors (Lipinski definition) is 2. The summed E-state index contributed by atoms with van der Waals surface area (Å²) in [6.45, 7) is 8.79. The summed E-state index contributed by atoms with van der Waals surface area (Å²) < 4.78 is 2.08. The van der Waals surface area contributed by atoms with Gasteiger partial charge in [0.05, 0.1) is 6.20 Å². The van der Waals surface area contributed by atoms with E-state index in [1.165, 1.54) is 37.1 Å². The number of piperidine rings is 1. The van der Waals surface area contributed by atoms with Crippen LogP contribution in [0.2, 0.25) is 0 Å². The third-order valence-electron chi connectivity index (χ3n) is 5.49. The molecule has 1 fully saturated rings. The van der Waals surface area contributed by atoms with Crippen molar-refractivity contribution in [2.24, 2.45) is 5.92 Å². The number of hydrogen-bond acceptors (Lipinski definition) is 4. The van der Waals surface area contributed by atoms with Crippen LogP contribution in [0.25, 0.3) is 0 Å². The van der Waals surface area contributed by atoms with Gasteiger partial charge in [0.15, 0.2) is 0 Å². The Morgan fingerprint density at radius 1 is 1.24 bits per heavy atom. The largest absolute Gasteiger partial charge is 0.370 e. The summed E-state index contributed by atoms with van der Waals surface area (Å²) >= 11 is 0. The van der Waals surface area contributed by atoms with E-state index < -0.39 is 0 Å². The molecule has 25 heavy (non-hydrogen) atoms. The summed E-state index contributed by atoms with van der Waals surface area (Å²) in [5, 5.41) is 11.6. The Morgan fingerprint density at radius 3 is 2.96 bits per heavy atom. The zero-order valence-electron chi connectivity index (χ0n) is 15.1. The maximum Gasteiger partial charge on any atom is 0.124 e. The molecule has 2 N–H and O–H groups in total. The smallest absolute Gasteiger partial charge is 0.124 e. The standard InChI is InChI=1S/C20H29N5/c1-16-3-2-4-17(11-16)14-24-9-6-19(7-10-24)21-12-18-13-22-20-5-8-23-25(20)15-18/h2-5,8,11,18-19,21-22H,6-7,9-10,12-15H2,1H3/t18-/m0/s1. The molecule has 2 aliphatic rings. The minimum absolute atomic E-state index is 0.623. The fourth-order valence-corrected chi connectivity index (χ4v) is 4.02. The molecule has 0 radical (unpaired) electrons. The Balaban J connectivity index is 1.19. The van der Waals surface area contributed by atoms with Crippen LogP contribution in [0.4, 0.5) is 5.82 Å². The van der Waals surface area contributed by atoms with E-state index in [9.17, 15) is 0 Å². The first-order valence-corrected chi connectivity index (χ1v) is 9.53. The fraction of sp³-hybridized carbons (Fsp3) is 0.550. The average molecular weight is 339 g/mol. The maximum absolute atomic E-state index is 4.38. The zero-order chi connectivity index (χ0) is 17.1. The van der Waals surface area contributed by atoms with Gasteiger partial charge >= 0.3 is 0 Å². The van der Waals surface area contributed by atoms with Gasteiger partial charge < -0.3 is 10.6 Å². The highest BCUT2D eigenvalue weighted by molar-refractivity contribution is 5.35. The average Bonchev–Trinajstić information content (AvgIpc) is 3.09. The van der Waals surface area contributed by atoms with Gasteiger partial charge in [0.25, 0.3) is 0 Å². The monoisotopic (exact) mass is 339 g/mol. The van der Waals surface area contributed by atoms with Gasteiger partial charge in [-0.2, -0.15) is 5.10 Å². The van der Waals surface area contributed by atoms with Crippen LogP contribution in [-0.2, 0) is 13.1 Å². The van der Waals surface area contributed by atoms with E-state index >= 15 is 0 Å². The van der Waals surface area contributed by atoms with Crippen molar-refractivity contribution in [3.8, 4) is 0 Å². The van der Waals surface area contributed by atoms with Gasteiger partial charge in [-0.3, -0.25) is 4.90 Å². The zero-order valence-corrected chi connectivity index (χ0v) is 15.1. The van der Waals surface area contributed by atoms with Crippen LogP contribution in [0.15, 0.2) is 36.5 Å². The Hall–Kier alpha value is -1.85. The molecule has 0 aliphatic carbocycles. The Morgan fingerprint density at radius 2 is 2.12 bits per heavy atom. The molecule has 134 valence electrons. The van der Waals surface area contributed by atoms with Gasteiger partial charge in [-0.1, -0.05) is 29.8 Å². The lowest BCUT2D eigenvalue weighted by molar-refractivity contribution is 0.186. The van der Waals surface area contributed by atoms with Crippen LogP contribution in [0.1, 0.15) is 24.0 Å². The lowest BCUT2D eigenvalue weighted by Gasteiger charge is -2.34. The van der Waals surface area contributed by atoms with Gasteiger partial charge in [-0.15, -0.1) is 0 Å². The summed E-state index contributed by atoms with van der Waals surface area (Å²) in [5.74, 6) is 1.78. The van der Waals surface area contributed by atoms with Crippen molar-refractivity contribution in [1.29, 1.82) is 0 Å². The second kappa shape index (κ2) is 7.58. The van der Waals surface area contributed by atoms with Crippen LogP contribution in [0.3, 0.4) is 0 Å². The quantitative estimate of drug-likeness (QED) is 0.878. The topological polar surface area (TPSA) is 45.1 Å². The number of fused-ring (bicyclic) bond motifs is 1. The van der Waals surface area contributed by atoms with E-state index in [2.05, 4.69) is 56.5 Å². The van der Waals surface area contributed by atoms with Gasteiger partial charge in [-0.25, -0.2) is 4.68 Å². The highest BCUT2D eigenvalue weighted by atomic mass is 15.3. The molecule has 0 bridgehead atoms. The van der Waals surface area contributed by atoms with Gasteiger partial charge in [0.1, 0.15) is 5.82 Å². The van der Waals surface area contributed by atoms with E-state index in [1.54, 1.807) is 0 Å². The number of rotatable bonds is 5. The summed E-state index contributed by atoms with van der Waals surface area (Å²) in [7, 11) is 0. The number of nitrogens with one attached hydrogen (secondary N) is 2. The molecule has 0 amide bonds. The molecule has 2 aliphatic heterocycles. The molecule has 5 nitrogen and oxygen atoms in total. The molecule has 2 aromatic rings. The predicted molar refractivity (Wildman–Crippen MR) is 102 cm³/mol. The normalized spacial score (nSPS) is 21.7. The molecule has 1 saturated heterocycles. The molecule has 4 rings (SSSR count). The van der Waals surface area contributed by atoms with Gasteiger partial charge in [-0.05, 0) is 38.4 Å². The van der Waals surface area contributed by atoms with Crippen molar-refractivity contribution in [3.63, 3.8) is 0 Å². The van der Waals surface area contributed by atoms with Crippen molar-refractivity contribution in [1.82, 2.24) is 20.0 Å². The molecule has 5 heteroatoms. The molecule has 1 aromatic carbocycles. The second-order valence-corrected chi connectivity index (χ2v) is 7.59. The van der Waals surface area contributed by atoms with E-state index in [-0.39, 0.29) is 0 Å². The molecular weight excluding hydrogens is 310 g/mol. The second-order valence-electron chi connectivity index (χ2n) is 7.59. The molecule has 0 spiro atoms. The first-order chi connectivity index (χ1) is 12.3. The maximum atomic E-state index is 4.38. The summed E-state index contributed by atoms with van der Waals surface area (Å²) in [6.07, 6.45) is 4.38. The Labute approximate surface area is 150 Å². The summed E-state index contributed by atoms with van der Waals surface area (Å²) in [6, 6.07) is 11.6. The molecular formula is C20H29N5. The predicted octanol–water partition coefficient (Wildman–Crippen LogP) is 2.49. The first-order valence-electron chi connectivity index (χ1n) is 9.53. The molecule has 1 atom stereocenters. The minimum atomic E-state index is 0.623. The Kier molecular flexibility index (Phi) is 5.04. The number of aryl methyl sites for hydroxylation is 1. The van der Waals surface area contributed by atoms with Crippen LogP contribution in [-0.4, -0.2) is 46.9 Å². The van der Waals surface area contributed by atoms with E-state index in [0.29, 0.717) is 12.0 Å². The van der Waals surface area contributed by atoms with Crippen molar-refractivity contribution < 1.29 is 0 Å². The lowest BCUT2D eigenvalue weighted by Crippen LogP contribution is -2.45. The number of nitrogens with zero attached hydrogens (tertiary/aromatic N) is 3. The lowest BCUT2D eigenvalue weighted by atomic mass is 10.0. The number of anilines is 1. The third-order valence-corrected chi connectivity index (χ3v) is 5.49. The van der Waals surface area contributed by atoms with Crippen molar-refractivity contribution in [3.05, 3.63) is 47.7 Å². The fourth-order valence-electron chi connectivity index (χ4n) is 4.02. The van der Waals surface area contributed by atoms with Gasteiger partial charge in [0.2, 0.25) is 0 Å². The van der Waals surface area contributed by atoms with E-state index in [4.69, 9.17) is 0 Å². The van der Waals surface area contributed by atoms with Crippen molar-refractivity contribution >= 4 is 5.82 Å². The van der Waals surface area contributed by atoms with Crippen LogP contribution >= 0.6 is 0 Å². The van der Waals surface area contributed by atoms with Crippen molar-refractivity contribution in [2.45, 2.75) is 38.9 Å². The number of likely N-dealkylation sites (tertiary alicyclic amines) is 1. The Bertz CT molecular complexity index is 687. The van der Waals surface area contributed by atoms with Crippen molar-refractivity contribution in [2.75, 3.05) is 31.5 Å². The minimum Gasteiger partial charge on any atom is -0.370 e. The SMILES string of the molecule is Cc1cccc(CN2CCC(NC[C@H]3CNc4ccnn4C3)CC2)c1. The molecule has 0 saturated carbocycles. The first kappa shape index (κ1) is 16.6. The summed E-state index contributed by atoms with van der Waals surface area (Å²) in [5.41, 5.74) is 2.80. The van der Waals surface area contributed by atoms with E-state index in [1.807, 2.05) is 12.3 Å². The number of aromatic nitrogens is 2. The molecule has 0 unspecified atom stereocenters. The van der Waals surface area contributed by atoms with E-state index in [0.717, 1.165) is 32.0 Å². The van der Waals surface area contributed by atoms with Crippen LogP contribution in [0, 0.1) is 12.8 Å². The number of benzene rings is 1. The highest BCUT2D eigenvalue weighted by Crippen LogP contribution is 2.18. The van der Waals surface area contributed by atoms with Gasteiger partial charge in [0, 0.05) is 44.2 Å².